The van der Waals surface area contributed by atoms with E-state index in [1.807, 2.05) is 41.2 Å². The zero-order valence-corrected chi connectivity index (χ0v) is 10.3. The highest BCUT2D eigenvalue weighted by atomic mass is 32.2. The van der Waals surface area contributed by atoms with E-state index in [0.717, 1.165) is 0 Å². The Labute approximate surface area is 103 Å². The van der Waals surface area contributed by atoms with Crippen molar-refractivity contribution in [2.45, 2.75) is 4.93 Å². The zero-order chi connectivity index (χ0) is 12.3. The summed E-state index contributed by atoms with van der Waals surface area (Å²) in [5.41, 5.74) is 0.678. The molecule has 0 radical (unpaired) electrons. The average molecular weight is 250 g/mol. The summed E-state index contributed by atoms with van der Waals surface area (Å²) < 4.78 is 5.40. The van der Waals surface area contributed by atoms with Crippen LogP contribution in [0.2, 0.25) is 0 Å². The molecule has 0 aliphatic carbocycles. The van der Waals surface area contributed by atoms with Gasteiger partial charge in [-0.25, -0.2) is 4.79 Å². The van der Waals surface area contributed by atoms with E-state index in [2.05, 4.69) is 0 Å². The Morgan fingerprint density at radius 1 is 1.24 bits per heavy atom. The number of ether oxygens (including phenoxy) is 1. The van der Waals surface area contributed by atoms with E-state index < -0.39 is 21.8 Å². The SMILES string of the molecule is COC(C(=O)O)(c1ccccc1)[SH]1C=CC=C1. The van der Waals surface area contributed by atoms with E-state index in [4.69, 9.17) is 4.74 Å². The predicted molar refractivity (Wildman–Crippen MR) is 70.0 cm³/mol. The molecule has 2 rings (SSSR count). The maximum atomic E-state index is 11.7. The normalized spacial score (nSPS) is 19.2. The molecule has 17 heavy (non-hydrogen) atoms. The number of rotatable bonds is 4. The third-order valence-electron chi connectivity index (χ3n) is 2.72. The summed E-state index contributed by atoms with van der Waals surface area (Å²) in [6.45, 7) is 0. The lowest BCUT2D eigenvalue weighted by atomic mass is 10.1. The standard InChI is InChI=1S/C13H14O3S/c1-16-13(12(14)15,17-9-5-6-10-17)11-7-3-2-4-8-11/h2-10,17H,1H3,(H,14,15). The Kier molecular flexibility index (Phi) is 3.36. The summed E-state index contributed by atoms with van der Waals surface area (Å²) in [4.78, 5) is 10.4. The molecule has 0 saturated heterocycles. The molecule has 1 unspecified atom stereocenters. The number of hydrogen-bond donors (Lipinski definition) is 2. The summed E-state index contributed by atoms with van der Waals surface area (Å²) >= 11 is 0. The Morgan fingerprint density at radius 2 is 1.82 bits per heavy atom. The van der Waals surface area contributed by atoms with E-state index in [-0.39, 0.29) is 0 Å². The molecule has 1 aliphatic rings. The van der Waals surface area contributed by atoms with Crippen LogP contribution >= 0.6 is 10.9 Å². The number of hydrogen-bond acceptors (Lipinski definition) is 2. The van der Waals surface area contributed by atoms with Crippen LogP contribution in [-0.2, 0) is 14.5 Å². The third kappa shape index (κ3) is 1.90. The van der Waals surface area contributed by atoms with Crippen LogP contribution in [0.25, 0.3) is 0 Å². The highest BCUT2D eigenvalue weighted by Crippen LogP contribution is 2.53. The maximum absolute atomic E-state index is 11.7. The van der Waals surface area contributed by atoms with E-state index in [1.165, 1.54) is 7.11 Å². The van der Waals surface area contributed by atoms with Crippen molar-refractivity contribution < 1.29 is 14.6 Å². The highest BCUT2D eigenvalue weighted by Gasteiger charge is 2.44. The van der Waals surface area contributed by atoms with Crippen LogP contribution in [0, 0.1) is 0 Å². The molecule has 1 heterocycles. The number of carboxylic acids is 1. The van der Waals surface area contributed by atoms with Crippen LogP contribution in [0.3, 0.4) is 0 Å². The van der Waals surface area contributed by atoms with Gasteiger partial charge < -0.3 is 9.84 Å². The van der Waals surface area contributed by atoms with Crippen molar-refractivity contribution in [3.8, 4) is 0 Å². The summed E-state index contributed by atoms with van der Waals surface area (Å²) in [6.07, 6.45) is 3.73. The molecule has 0 saturated carbocycles. The second-order valence-electron chi connectivity index (χ2n) is 3.61. The van der Waals surface area contributed by atoms with E-state index in [9.17, 15) is 9.90 Å². The van der Waals surface area contributed by atoms with Gasteiger partial charge in [0.2, 0.25) is 4.93 Å². The molecule has 1 aliphatic heterocycles. The summed E-state index contributed by atoms with van der Waals surface area (Å²) in [7, 11) is 0.456. The largest absolute Gasteiger partial charge is 0.478 e. The molecule has 3 nitrogen and oxygen atoms in total. The van der Waals surface area contributed by atoms with Gasteiger partial charge in [0.05, 0.1) is 0 Å². The van der Waals surface area contributed by atoms with Crippen molar-refractivity contribution in [1.29, 1.82) is 0 Å². The van der Waals surface area contributed by atoms with Crippen molar-refractivity contribution in [3.63, 3.8) is 0 Å². The van der Waals surface area contributed by atoms with Crippen LogP contribution in [0.4, 0.5) is 0 Å². The van der Waals surface area contributed by atoms with Crippen molar-refractivity contribution in [3.05, 3.63) is 58.9 Å². The number of carboxylic acid groups (broad SMARTS) is 1. The number of carbonyl (C=O) groups is 1. The Morgan fingerprint density at radius 3 is 2.29 bits per heavy atom. The van der Waals surface area contributed by atoms with Gasteiger partial charge in [-0.15, -0.1) is 0 Å². The van der Waals surface area contributed by atoms with Crippen molar-refractivity contribution in [2.24, 2.45) is 0 Å². The minimum Gasteiger partial charge on any atom is -0.478 e. The van der Waals surface area contributed by atoms with Crippen molar-refractivity contribution in [1.82, 2.24) is 0 Å². The fraction of sp³-hybridized carbons (Fsp3) is 0.154. The van der Waals surface area contributed by atoms with Gasteiger partial charge in [-0.05, 0) is 10.8 Å². The van der Waals surface area contributed by atoms with Crippen LogP contribution < -0.4 is 0 Å². The van der Waals surface area contributed by atoms with Crippen LogP contribution in [-0.4, -0.2) is 18.2 Å². The monoisotopic (exact) mass is 250 g/mol. The van der Waals surface area contributed by atoms with Crippen LogP contribution in [0.1, 0.15) is 5.56 Å². The molecular weight excluding hydrogens is 236 g/mol. The zero-order valence-electron chi connectivity index (χ0n) is 9.41. The Bertz CT molecular complexity index is 455. The van der Waals surface area contributed by atoms with E-state index >= 15 is 0 Å². The number of aliphatic carboxylic acids is 1. The van der Waals surface area contributed by atoms with Gasteiger partial charge in [-0.2, -0.15) is 10.9 Å². The number of allylic oxidation sites excluding steroid dienone is 2. The van der Waals surface area contributed by atoms with Gasteiger partial charge in [0.15, 0.2) is 0 Å². The molecule has 1 N–H and O–H groups in total. The Hall–Kier alpha value is -1.52. The van der Waals surface area contributed by atoms with Gasteiger partial charge in [-0.3, -0.25) is 0 Å². The first kappa shape index (κ1) is 12.0. The van der Waals surface area contributed by atoms with Gasteiger partial charge in [-0.1, -0.05) is 42.5 Å². The minimum absolute atomic E-state index is 0.678. The smallest absolute Gasteiger partial charge is 0.350 e. The Balaban J connectivity index is 2.54. The lowest BCUT2D eigenvalue weighted by molar-refractivity contribution is -0.152. The fourth-order valence-electron chi connectivity index (χ4n) is 1.90. The number of benzene rings is 1. The molecular formula is C13H14O3S. The first-order valence-electron chi connectivity index (χ1n) is 5.19. The van der Waals surface area contributed by atoms with E-state index in [0.29, 0.717) is 5.56 Å². The molecule has 1 atom stereocenters. The first-order chi connectivity index (χ1) is 8.21. The molecule has 4 heteroatoms. The van der Waals surface area contributed by atoms with Gasteiger partial charge in [0, 0.05) is 12.7 Å². The fourth-order valence-corrected chi connectivity index (χ4v) is 3.87. The van der Waals surface area contributed by atoms with Crippen LogP contribution in [0.5, 0.6) is 0 Å². The molecule has 0 amide bonds. The number of thiol groups is 1. The summed E-state index contributed by atoms with van der Waals surface area (Å²) in [5.74, 6) is -0.950. The third-order valence-corrected chi connectivity index (χ3v) is 5.06. The summed E-state index contributed by atoms with van der Waals surface area (Å²) in [6, 6.07) is 9.09. The molecule has 0 aromatic heterocycles. The van der Waals surface area contributed by atoms with Gasteiger partial charge >= 0.3 is 5.97 Å². The maximum Gasteiger partial charge on any atom is 0.350 e. The van der Waals surface area contributed by atoms with Gasteiger partial charge in [0.1, 0.15) is 0 Å². The number of methoxy groups -OCH3 is 1. The van der Waals surface area contributed by atoms with Crippen molar-refractivity contribution >= 4 is 16.9 Å². The lowest BCUT2D eigenvalue weighted by Crippen LogP contribution is -2.36. The molecule has 1 aromatic rings. The molecule has 1 aromatic carbocycles. The lowest BCUT2D eigenvalue weighted by Gasteiger charge is -2.34. The topological polar surface area (TPSA) is 46.5 Å². The van der Waals surface area contributed by atoms with Gasteiger partial charge in [0.25, 0.3) is 0 Å². The van der Waals surface area contributed by atoms with Crippen LogP contribution in [0.15, 0.2) is 53.3 Å². The quantitative estimate of drug-likeness (QED) is 0.807. The minimum atomic E-state index is -1.28. The highest BCUT2D eigenvalue weighted by molar-refractivity contribution is 8.23. The van der Waals surface area contributed by atoms with Crippen molar-refractivity contribution in [2.75, 3.05) is 7.11 Å². The molecule has 0 bridgehead atoms. The molecule has 0 fully saturated rings. The second-order valence-corrected chi connectivity index (χ2v) is 5.65. The summed E-state index contributed by atoms with van der Waals surface area (Å²) in [5, 5.41) is 13.4. The molecule has 0 spiro atoms. The predicted octanol–water partition coefficient (Wildman–Crippen LogP) is 2.61. The molecule has 90 valence electrons. The second kappa shape index (κ2) is 4.77. The first-order valence-corrected chi connectivity index (χ1v) is 6.67. The van der Waals surface area contributed by atoms with E-state index in [1.54, 1.807) is 12.1 Å². The average Bonchev–Trinajstić information content (AvgIpc) is 2.86.